The van der Waals surface area contributed by atoms with Crippen LogP contribution in [0.15, 0.2) is 48.5 Å². The van der Waals surface area contributed by atoms with Gasteiger partial charge in [0.25, 0.3) is 0 Å². The van der Waals surface area contributed by atoms with Crippen molar-refractivity contribution in [1.29, 1.82) is 0 Å². The van der Waals surface area contributed by atoms with Gasteiger partial charge in [-0.2, -0.15) is 0 Å². The molecule has 2 aromatic rings. The summed E-state index contributed by atoms with van der Waals surface area (Å²) in [6.45, 7) is 1.15. The Hall–Kier alpha value is -3.07. The minimum Gasteiger partial charge on any atom is -0.493 e. The second-order valence-corrected chi connectivity index (χ2v) is 11.4. The number of carbonyl (C=O) groups is 2. The highest BCUT2D eigenvalue weighted by Crippen LogP contribution is 2.31. The number of carbonyl (C=O) groups excluding carboxylic acids is 2. The zero-order valence-corrected chi connectivity index (χ0v) is 21.0. The molecule has 4 rings (SSSR count). The Kier molecular flexibility index (Phi) is 7.64. The molecule has 2 atom stereocenters. The fraction of sp³-hybridized carbons (Fsp3) is 0.462. The van der Waals surface area contributed by atoms with E-state index in [4.69, 9.17) is 9.47 Å². The maximum Gasteiger partial charge on any atom is 0.228 e. The van der Waals surface area contributed by atoms with E-state index in [1.165, 1.54) is 0 Å². The summed E-state index contributed by atoms with van der Waals surface area (Å²) in [6, 6.07) is 14.9. The van der Waals surface area contributed by atoms with E-state index < -0.39 is 21.8 Å². The van der Waals surface area contributed by atoms with E-state index in [-0.39, 0.29) is 36.3 Å². The zero-order valence-electron chi connectivity index (χ0n) is 20.2. The van der Waals surface area contributed by atoms with Gasteiger partial charge in [-0.05, 0) is 36.1 Å². The van der Waals surface area contributed by atoms with Crippen molar-refractivity contribution in [3.63, 3.8) is 0 Å². The standard InChI is InChI=1S/C26H32N2O6S/c1-33-23-9-8-20(14-24(23)34-2)16-28(22-11-13-35(31,32)18-22)26(30)21-15-25(29)27(17-21)12-10-19-6-4-3-5-7-19/h3-9,14,21-22H,10-13,15-18H2,1-2H3. The highest BCUT2D eigenvalue weighted by atomic mass is 32.2. The lowest BCUT2D eigenvalue weighted by atomic mass is 10.0. The van der Waals surface area contributed by atoms with Crippen LogP contribution in [0.25, 0.3) is 0 Å². The molecule has 8 nitrogen and oxygen atoms in total. The summed E-state index contributed by atoms with van der Waals surface area (Å²) in [5, 5.41) is 0. The molecule has 9 heteroatoms. The Bertz CT molecular complexity index is 1170. The van der Waals surface area contributed by atoms with Crippen molar-refractivity contribution in [2.24, 2.45) is 5.92 Å². The number of likely N-dealkylation sites (tertiary alicyclic amines) is 1. The summed E-state index contributed by atoms with van der Waals surface area (Å²) >= 11 is 0. The number of hydrogen-bond acceptors (Lipinski definition) is 6. The first-order valence-corrected chi connectivity index (χ1v) is 13.7. The second kappa shape index (κ2) is 10.7. The molecule has 2 aromatic carbocycles. The van der Waals surface area contributed by atoms with Gasteiger partial charge in [-0.25, -0.2) is 8.42 Å². The Morgan fingerprint density at radius 1 is 1.06 bits per heavy atom. The van der Waals surface area contributed by atoms with Crippen LogP contribution in [0.1, 0.15) is 24.0 Å². The number of sulfone groups is 1. The van der Waals surface area contributed by atoms with Crippen LogP contribution in [0.2, 0.25) is 0 Å². The van der Waals surface area contributed by atoms with Gasteiger partial charge < -0.3 is 19.3 Å². The summed E-state index contributed by atoms with van der Waals surface area (Å²) in [6.07, 6.45) is 1.28. The molecule has 2 heterocycles. The molecule has 2 unspecified atom stereocenters. The van der Waals surface area contributed by atoms with Crippen LogP contribution in [-0.2, 0) is 32.4 Å². The molecule has 2 amide bonds. The number of rotatable bonds is 9. The van der Waals surface area contributed by atoms with Crippen molar-refractivity contribution in [3.8, 4) is 11.5 Å². The fourth-order valence-corrected chi connectivity index (χ4v) is 6.61. The number of benzene rings is 2. The third-order valence-electron chi connectivity index (χ3n) is 6.81. The van der Waals surface area contributed by atoms with Gasteiger partial charge in [0.2, 0.25) is 11.8 Å². The van der Waals surface area contributed by atoms with Crippen LogP contribution in [0.5, 0.6) is 11.5 Å². The lowest BCUT2D eigenvalue weighted by Crippen LogP contribution is -2.44. The van der Waals surface area contributed by atoms with Gasteiger partial charge in [-0.1, -0.05) is 36.4 Å². The normalized spacial score (nSPS) is 21.2. The van der Waals surface area contributed by atoms with Crippen LogP contribution in [-0.4, -0.2) is 74.9 Å². The van der Waals surface area contributed by atoms with Gasteiger partial charge in [-0.3, -0.25) is 9.59 Å². The Morgan fingerprint density at radius 2 is 1.80 bits per heavy atom. The first-order chi connectivity index (χ1) is 16.8. The third-order valence-corrected chi connectivity index (χ3v) is 8.56. The predicted molar refractivity (Wildman–Crippen MR) is 132 cm³/mol. The molecular formula is C26H32N2O6S. The monoisotopic (exact) mass is 500 g/mol. The van der Waals surface area contributed by atoms with Crippen molar-refractivity contribution in [1.82, 2.24) is 9.80 Å². The van der Waals surface area contributed by atoms with Gasteiger partial charge in [0.15, 0.2) is 21.3 Å². The van der Waals surface area contributed by atoms with Crippen molar-refractivity contribution in [2.45, 2.75) is 31.8 Å². The summed E-state index contributed by atoms with van der Waals surface area (Å²) in [5.41, 5.74) is 1.95. The second-order valence-electron chi connectivity index (χ2n) is 9.19. The van der Waals surface area contributed by atoms with E-state index >= 15 is 0 Å². The van der Waals surface area contributed by atoms with Gasteiger partial charge in [0, 0.05) is 32.1 Å². The smallest absolute Gasteiger partial charge is 0.228 e. The largest absolute Gasteiger partial charge is 0.493 e. The molecule has 0 aromatic heterocycles. The van der Waals surface area contributed by atoms with Crippen LogP contribution in [0, 0.1) is 5.92 Å². The quantitative estimate of drug-likeness (QED) is 0.525. The molecule has 0 bridgehead atoms. The molecule has 0 N–H and O–H groups in total. The maximum atomic E-state index is 13.7. The average Bonchev–Trinajstić information content (AvgIpc) is 3.42. The highest BCUT2D eigenvalue weighted by molar-refractivity contribution is 7.91. The topological polar surface area (TPSA) is 93.2 Å². The van der Waals surface area contributed by atoms with Crippen molar-refractivity contribution in [2.75, 3.05) is 38.8 Å². The predicted octanol–water partition coefficient (Wildman–Crippen LogP) is 2.31. The molecular weight excluding hydrogens is 468 g/mol. The van der Waals surface area contributed by atoms with E-state index in [0.717, 1.165) is 17.5 Å². The molecule has 0 spiro atoms. The van der Waals surface area contributed by atoms with Crippen LogP contribution in [0.4, 0.5) is 0 Å². The summed E-state index contributed by atoms with van der Waals surface area (Å²) in [5.74, 6) is 0.445. The first-order valence-electron chi connectivity index (χ1n) is 11.8. The zero-order chi connectivity index (χ0) is 25.0. The van der Waals surface area contributed by atoms with Crippen LogP contribution < -0.4 is 9.47 Å². The maximum absolute atomic E-state index is 13.7. The highest BCUT2D eigenvalue weighted by Gasteiger charge is 2.41. The van der Waals surface area contributed by atoms with Crippen molar-refractivity contribution >= 4 is 21.7 Å². The van der Waals surface area contributed by atoms with E-state index in [1.54, 1.807) is 36.2 Å². The molecule has 35 heavy (non-hydrogen) atoms. The molecule has 188 valence electrons. The lowest BCUT2D eigenvalue weighted by molar-refractivity contribution is -0.138. The molecule has 0 saturated carbocycles. The Morgan fingerprint density at radius 3 is 2.46 bits per heavy atom. The summed E-state index contributed by atoms with van der Waals surface area (Å²) < 4.78 is 35.1. The van der Waals surface area contributed by atoms with Gasteiger partial charge in [-0.15, -0.1) is 0 Å². The SMILES string of the molecule is COc1ccc(CN(C(=O)C2CC(=O)N(CCc3ccccc3)C2)C2CCS(=O)(=O)C2)cc1OC. The lowest BCUT2D eigenvalue weighted by Gasteiger charge is -2.31. The number of hydrogen-bond donors (Lipinski definition) is 0. The van der Waals surface area contributed by atoms with Gasteiger partial charge >= 0.3 is 0 Å². The average molecular weight is 501 g/mol. The number of nitrogens with zero attached hydrogens (tertiary/aromatic N) is 2. The molecule has 2 aliphatic rings. The molecule has 0 radical (unpaired) electrons. The molecule has 2 fully saturated rings. The molecule has 2 aliphatic heterocycles. The van der Waals surface area contributed by atoms with Crippen LogP contribution >= 0.6 is 0 Å². The number of methoxy groups -OCH3 is 2. The third kappa shape index (κ3) is 5.96. The Balaban J connectivity index is 1.50. The minimum atomic E-state index is -3.19. The van der Waals surface area contributed by atoms with E-state index in [2.05, 4.69) is 0 Å². The summed E-state index contributed by atoms with van der Waals surface area (Å²) in [4.78, 5) is 29.8. The fourth-order valence-electron chi connectivity index (χ4n) is 4.88. The summed E-state index contributed by atoms with van der Waals surface area (Å²) in [7, 11) is -0.0931. The van der Waals surface area contributed by atoms with Crippen molar-refractivity contribution < 1.29 is 27.5 Å². The van der Waals surface area contributed by atoms with Gasteiger partial charge in [0.05, 0.1) is 31.6 Å². The first kappa shape index (κ1) is 25.0. The Labute approximate surface area is 206 Å². The minimum absolute atomic E-state index is 0.0376. The van der Waals surface area contributed by atoms with Gasteiger partial charge in [0.1, 0.15) is 0 Å². The van der Waals surface area contributed by atoms with Crippen LogP contribution in [0.3, 0.4) is 0 Å². The van der Waals surface area contributed by atoms with E-state index in [1.807, 2.05) is 36.4 Å². The van der Waals surface area contributed by atoms with E-state index in [0.29, 0.717) is 31.0 Å². The molecule has 2 saturated heterocycles. The molecule has 0 aliphatic carbocycles. The van der Waals surface area contributed by atoms with Crippen molar-refractivity contribution in [3.05, 3.63) is 59.7 Å². The number of ether oxygens (including phenoxy) is 2. The number of amides is 2. The van der Waals surface area contributed by atoms with E-state index in [9.17, 15) is 18.0 Å².